The van der Waals surface area contributed by atoms with Crippen molar-refractivity contribution < 1.29 is 0 Å². The highest BCUT2D eigenvalue weighted by atomic mass is 14.2. The van der Waals surface area contributed by atoms with Crippen LogP contribution in [0, 0.1) is 5.92 Å². The summed E-state index contributed by atoms with van der Waals surface area (Å²) >= 11 is 0. The molecule has 0 nitrogen and oxygen atoms in total. The molecule has 0 fully saturated rings. The molecule has 0 aromatic rings. The lowest BCUT2D eigenvalue weighted by Gasteiger charge is -2.17. The zero-order valence-corrected chi connectivity index (χ0v) is 16.8. The molecule has 0 spiro atoms. The first-order valence-electron chi connectivity index (χ1n) is 10.1. The standard InChI is InChI=1S/C25H38/c1-6-13-25(23(5)20-21(2)3)19-12-15-22(4)14-11-18-24-16-9-7-8-10-17-24/h7,9-10,16-17,20,25H,4-6,8,11-15,18-19H2,1-3H3. The van der Waals surface area contributed by atoms with Crippen molar-refractivity contribution in [3.63, 3.8) is 0 Å². The van der Waals surface area contributed by atoms with Crippen molar-refractivity contribution in [2.24, 2.45) is 5.92 Å². The monoisotopic (exact) mass is 338 g/mol. The summed E-state index contributed by atoms with van der Waals surface area (Å²) in [5.41, 5.74) is 5.53. The summed E-state index contributed by atoms with van der Waals surface area (Å²) in [4.78, 5) is 0. The fourth-order valence-electron chi connectivity index (χ4n) is 3.41. The van der Waals surface area contributed by atoms with Gasteiger partial charge in [-0.15, -0.1) is 0 Å². The quantitative estimate of drug-likeness (QED) is 0.248. The van der Waals surface area contributed by atoms with E-state index in [1.165, 1.54) is 54.4 Å². The minimum atomic E-state index is 0.640. The van der Waals surface area contributed by atoms with Gasteiger partial charge in [-0.05, 0) is 76.7 Å². The van der Waals surface area contributed by atoms with Gasteiger partial charge < -0.3 is 0 Å². The molecule has 25 heavy (non-hydrogen) atoms. The average Bonchev–Trinajstić information content (AvgIpc) is 2.82. The first kappa shape index (κ1) is 21.5. The van der Waals surface area contributed by atoms with Crippen LogP contribution in [0.25, 0.3) is 0 Å². The van der Waals surface area contributed by atoms with Crippen LogP contribution in [0.2, 0.25) is 0 Å². The molecule has 0 heterocycles. The molecule has 0 N–H and O–H groups in total. The van der Waals surface area contributed by atoms with Crippen molar-refractivity contribution in [1.29, 1.82) is 0 Å². The van der Waals surface area contributed by atoms with Crippen molar-refractivity contribution in [3.05, 3.63) is 71.9 Å². The molecular formula is C25H38. The Labute approximate surface area is 156 Å². The number of allylic oxidation sites excluding steroid dienone is 10. The Kier molecular flexibility index (Phi) is 11.0. The lowest BCUT2D eigenvalue weighted by atomic mass is 9.88. The molecule has 1 atom stereocenters. The van der Waals surface area contributed by atoms with Gasteiger partial charge in [0.15, 0.2) is 0 Å². The van der Waals surface area contributed by atoms with Crippen LogP contribution in [0.15, 0.2) is 71.9 Å². The van der Waals surface area contributed by atoms with E-state index in [0.29, 0.717) is 5.92 Å². The van der Waals surface area contributed by atoms with E-state index in [4.69, 9.17) is 0 Å². The van der Waals surface area contributed by atoms with E-state index in [-0.39, 0.29) is 0 Å². The Morgan fingerprint density at radius 1 is 1.12 bits per heavy atom. The van der Waals surface area contributed by atoms with E-state index in [9.17, 15) is 0 Å². The predicted molar refractivity (Wildman–Crippen MR) is 115 cm³/mol. The van der Waals surface area contributed by atoms with Crippen molar-refractivity contribution in [3.8, 4) is 0 Å². The van der Waals surface area contributed by atoms with Crippen LogP contribution in [0.3, 0.4) is 0 Å². The van der Waals surface area contributed by atoms with Crippen LogP contribution in [0.1, 0.15) is 78.6 Å². The molecule has 1 unspecified atom stereocenters. The normalized spacial score (nSPS) is 14.6. The van der Waals surface area contributed by atoms with Crippen molar-refractivity contribution in [1.82, 2.24) is 0 Å². The summed E-state index contributed by atoms with van der Waals surface area (Å²) < 4.78 is 0. The molecule has 1 rings (SSSR count). The molecule has 0 bridgehead atoms. The highest BCUT2D eigenvalue weighted by Crippen LogP contribution is 2.26. The molecule has 1 aliphatic rings. The largest absolute Gasteiger partial charge is 0.0999 e. The van der Waals surface area contributed by atoms with Crippen LogP contribution >= 0.6 is 0 Å². The third-order valence-corrected chi connectivity index (χ3v) is 4.76. The summed E-state index contributed by atoms with van der Waals surface area (Å²) in [6.45, 7) is 15.2. The fourth-order valence-corrected chi connectivity index (χ4v) is 3.41. The van der Waals surface area contributed by atoms with E-state index in [0.717, 1.165) is 25.7 Å². The van der Waals surface area contributed by atoms with E-state index in [1.54, 1.807) is 0 Å². The summed E-state index contributed by atoms with van der Waals surface area (Å²) in [6, 6.07) is 0. The molecule has 0 aromatic heterocycles. The molecule has 0 amide bonds. The van der Waals surface area contributed by atoms with E-state index < -0.39 is 0 Å². The maximum absolute atomic E-state index is 4.31. The maximum atomic E-state index is 4.31. The second-order valence-corrected chi connectivity index (χ2v) is 7.59. The summed E-state index contributed by atoms with van der Waals surface area (Å²) in [5, 5.41) is 0. The summed E-state index contributed by atoms with van der Waals surface area (Å²) in [6.07, 6.45) is 24.1. The van der Waals surface area contributed by atoms with E-state index >= 15 is 0 Å². The molecule has 0 aromatic carbocycles. The Morgan fingerprint density at radius 3 is 2.60 bits per heavy atom. The topological polar surface area (TPSA) is 0 Å². The Hall–Kier alpha value is -1.56. The lowest BCUT2D eigenvalue weighted by Crippen LogP contribution is -2.02. The van der Waals surface area contributed by atoms with E-state index in [2.05, 4.69) is 70.4 Å². The lowest BCUT2D eigenvalue weighted by molar-refractivity contribution is 0.498. The fraction of sp³-hybridized carbons (Fsp3) is 0.520. The molecule has 0 heteroatoms. The Balaban J connectivity index is 2.27. The summed E-state index contributed by atoms with van der Waals surface area (Å²) in [5.74, 6) is 0.640. The third-order valence-electron chi connectivity index (χ3n) is 4.76. The Morgan fingerprint density at radius 2 is 1.88 bits per heavy atom. The van der Waals surface area contributed by atoms with Gasteiger partial charge in [-0.2, -0.15) is 0 Å². The van der Waals surface area contributed by atoms with Crippen LogP contribution < -0.4 is 0 Å². The molecule has 0 saturated heterocycles. The van der Waals surface area contributed by atoms with Gasteiger partial charge >= 0.3 is 0 Å². The minimum Gasteiger partial charge on any atom is -0.0999 e. The van der Waals surface area contributed by atoms with Gasteiger partial charge in [0, 0.05) is 0 Å². The smallest absolute Gasteiger partial charge is 0.0163 e. The SMILES string of the molecule is C=C(CCCC1=CC=CCC=C1)CCCC(CCC)C(=C)C=C(C)C. The van der Waals surface area contributed by atoms with Crippen molar-refractivity contribution in [2.45, 2.75) is 78.6 Å². The molecule has 138 valence electrons. The zero-order valence-electron chi connectivity index (χ0n) is 16.8. The van der Waals surface area contributed by atoms with Gasteiger partial charge in [-0.3, -0.25) is 0 Å². The predicted octanol–water partition coefficient (Wildman–Crippen LogP) is 8.26. The first-order valence-corrected chi connectivity index (χ1v) is 10.1. The highest BCUT2D eigenvalue weighted by Gasteiger charge is 2.10. The van der Waals surface area contributed by atoms with Gasteiger partial charge in [0.25, 0.3) is 0 Å². The minimum absolute atomic E-state index is 0.640. The number of hydrogen-bond acceptors (Lipinski definition) is 0. The van der Waals surface area contributed by atoms with Gasteiger partial charge in [-0.25, -0.2) is 0 Å². The second kappa shape index (κ2) is 12.8. The average molecular weight is 339 g/mol. The van der Waals surface area contributed by atoms with Crippen molar-refractivity contribution in [2.75, 3.05) is 0 Å². The van der Waals surface area contributed by atoms with Crippen LogP contribution in [-0.2, 0) is 0 Å². The van der Waals surface area contributed by atoms with Gasteiger partial charge in [0.1, 0.15) is 0 Å². The highest BCUT2D eigenvalue weighted by molar-refractivity contribution is 5.27. The molecule has 0 saturated carbocycles. The van der Waals surface area contributed by atoms with Crippen LogP contribution in [-0.4, -0.2) is 0 Å². The first-order chi connectivity index (χ1) is 12.0. The molecular weight excluding hydrogens is 300 g/mol. The second-order valence-electron chi connectivity index (χ2n) is 7.59. The van der Waals surface area contributed by atoms with Crippen LogP contribution in [0.4, 0.5) is 0 Å². The van der Waals surface area contributed by atoms with Gasteiger partial charge in [0.05, 0.1) is 0 Å². The number of rotatable bonds is 12. The molecule has 0 aliphatic heterocycles. The maximum Gasteiger partial charge on any atom is -0.0163 e. The third kappa shape index (κ3) is 10.1. The van der Waals surface area contributed by atoms with E-state index in [1.807, 2.05) is 0 Å². The molecule has 0 radical (unpaired) electrons. The number of hydrogen-bond donors (Lipinski definition) is 0. The molecule has 1 aliphatic carbocycles. The van der Waals surface area contributed by atoms with Gasteiger partial charge in [0.2, 0.25) is 0 Å². The van der Waals surface area contributed by atoms with Crippen LogP contribution in [0.5, 0.6) is 0 Å². The van der Waals surface area contributed by atoms with Gasteiger partial charge in [-0.1, -0.05) is 79.7 Å². The zero-order chi connectivity index (χ0) is 18.5. The summed E-state index contributed by atoms with van der Waals surface area (Å²) in [7, 11) is 0. The Bertz CT molecular complexity index is 532. The van der Waals surface area contributed by atoms with Crippen molar-refractivity contribution >= 4 is 0 Å².